The molecule has 0 bridgehead atoms. The van der Waals surface area contributed by atoms with Gasteiger partial charge in [0.1, 0.15) is 0 Å². The van der Waals surface area contributed by atoms with Crippen molar-refractivity contribution in [3.05, 3.63) is 0 Å². The standard InChI is InChI=1S/C11H23NS/c1-12-10-11(8-9-13-2)6-4-3-5-7-11/h12H,3-10H2,1-2H3. The van der Waals surface area contributed by atoms with Gasteiger partial charge in [-0.15, -0.1) is 0 Å². The first-order valence-electron chi connectivity index (χ1n) is 5.46. The fourth-order valence-electron chi connectivity index (χ4n) is 2.51. The van der Waals surface area contributed by atoms with Crippen LogP contribution in [0.3, 0.4) is 0 Å². The summed E-state index contributed by atoms with van der Waals surface area (Å²) in [5, 5.41) is 3.38. The third-order valence-electron chi connectivity index (χ3n) is 3.30. The lowest BCUT2D eigenvalue weighted by atomic mass is 9.72. The van der Waals surface area contributed by atoms with E-state index in [1.807, 2.05) is 11.8 Å². The third-order valence-corrected chi connectivity index (χ3v) is 3.91. The molecule has 1 N–H and O–H groups in total. The molecule has 0 aromatic rings. The molecule has 0 aliphatic heterocycles. The molecule has 1 nitrogen and oxygen atoms in total. The van der Waals surface area contributed by atoms with Crippen LogP contribution in [0.2, 0.25) is 0 Å². The van der Waals surface area contributed by atoms with Gasteiger partial charge in [-0.05, 0) is 43.7 Å². The van der Waals surface area contributed by atoms with Gasteiger partial charge in [-0.25, -0.2) is 0 Å². The topological polar surface area (TPSA) is 12.0 Å². The van der Waals surface area contributed by atoms with Crippen LogP contribution in [0, 0.1) is 5.41 Å². The van der Waals surface area contributed by atoms with Crippen LogP contribution in [0.15, 0.2) is 0 Å². The molecule has 1 saturated carbocycles. The van der Waals surface area contributed by atoms with Gasteiger partial charge in [0.2, 0.25) is 0 Å². The van der Waals surface area contributed by atoms with Crippen molar-refractivity contribution >= 4 is 11.8 Å². The Kier molecular flexibility index (Phi) is 5.18. The lowest BCUT2D eigenvalue weighted by molar-refractivity contribution is 0.180. The Morgan fingerprint density at radius 2 is 1.92 bits per heavy atom. The molecular formula is C11H23NS. The number of rotatable bonds is 5. The summed E-state index contributed by atoms with van der Waals surface area (Å²) in [6, 6.07) is 0. The Balaban J connectivity index is 2.40. The monoisotopic (exact) mass is 201 g/mol. The van der Waals surface area contributed by atoms with Gasteiger partial charge in [0.05, 0.1) is 0 Å². The minimum atomic E-state index is 0.649. The van der Waals surface area contributed by atoms with Crippen molar-refractivity contribution in [1.29, 1.82) is 0 Å². The third kappa shape index (κ3) is 3.51. The fourth-order valence-corrected chi connectivity index (χ4v) is 3.15. The van der Waals surface area contributed by atoms with Crippen molar-refractivity contribution in [2.24, 2.45) is 5.41 Å². The van der Waals surface area contributed by atoms with Crippen LogP contribution in [0.4, 0.5) is 0 Å². The summed E-state index contributed by atoms with van der Waals surface area (Å²) in [4.78, 5) is 0. The molecule has 0 heterocycles. The summed E-state index contributed by atoms with van der Waals surface area (Å²) >= 11 is 1.99. The molecule has 78 valence electrons. The maximum atomic E-state index is 3.38. The van der Waals surface area contributed by atoms with Crippen molar-refractivity contribution in [2.45, 2.75) is 38.5 Å². The minimum absolute atomic E-state index is 0.649. The van der Waals surface area contributed by atoms with Gasteiger partial charge in [-0.1, -0.05) is 19.3 Å². The smallest absolute Gasteiger partial charge is 0.000510 e. The maximum absolute atomic E-state index is 3.38. The van der Waals surface area contributed by atoms with E-state index >= 15 is 0 Å². The summed E-state index contributed by atoms with van der Waals surface area (Å²) < 4.78 is 0. The quantitative estimate of drug-likeness (QED) is 0.734. The number of hydrogen-bond donors (Lipinski definition) is 1. The molecule has 0 saturated heterocycles. The van der Waals surface area contributed by atoms with Crippen LogP contribution >= 0.6 is 11.8 Å². The Morgan fingerprint density at radius 3 is 2.46 bits per heavy atom. The molecule has 0 amide bonds. The molecule has 0 atom stereocenters. The van der Waals surface area contributed by atoms with Crippen LogP contribution in [0.5, 0.6) is 0 Å². The molecular weight excluding hydrogens is 178 g/mol. The van der Waals surface area contributed by atoms with Crippen LogP contribution < -0.4 is 5.32 Å². The van der Waals surface area contributed by atoms with E-state index < -0.39 is 0 Å². The summed E-state index contributed by atoms with van der Waals surface area (Å²) in [6.07, 6.45) is 10.9. The van der Waals surface area contributed by atoms with Gasteiger partial charge in [0, 0.05) is 6.54 Å². The zero-order chi connectivity index (χ0) is 9.57. The summed E-state index contributed by atoms with van der Waals surface area (Å²) in [6.45, 7) is 1.23. The number of hydrogen-bond acceptors (Lipinski definition) is 2. The summed E-state index contributed by atoms with van der Waals surface area (Å²) in [7, 11) is 2.09. The van der Waals surface area contributed by atoms with E-state index in [1.54, 1.807) is 0 Å². The highest BCUT2D eigenvalue weighted by Gasteiger charge is 2.30. The number of nitrogens with one attached hydrogen (secondary N) is 1. The van der Waals surface area contributed by atoms with E-state index in [2.05, 4.69) is 18.6 Å². The van der Waals surface area contributed by atoms with Gasteiger partial charge in [-0.3, -0.25) is 0 Å². The van der Waals surface area contributed by atoms with Crippen LogP contribution in [-0.4, -0.2) is 25.6 Å². The molecule has 0 unspecified atom stereocenters. The predicted octanol–water partition coefficient (Wildman–Crippen LogP) is 2.91. The largest absolute Gasteiger partial charge is 0.319 e. The average Bonchev–Trinajstić information content (AvgIpc) is 2.17. The molecule has 1 rings (SSSR count). The highest BCUT2D eigenvalue weighted by molar-refractivity contribution is 7.98. The van der Waals surface area contributed by atoms with E-state index in [4.69, 9.17) is 0 Å². The van der Waals surface area contributed by atoms with E-state index in [0.29, 0.717) is 5.41 Å². The van der Waals surface area contributed by atoms with Gasteiger partial charge in [0.15, 0.2) is 0 Å². The maximum Gasteiger partial charge on any atom is 0.000510 e. The first-order valence-corrected chi connectivity index (χ1v) is 6.86. The van der Waals surface area contributed by atoms with Crippen LogP contribution in [0.25, 0.3) is 0 Å². The van der Waals surface area contributed by atoms with Crippen LogP contribution in [-0.2, 0) is 0 Å². The molecule has 1 fully saturated rings. The fraction of sp³-hybridized carbons (Fsp3) is 1.00. The molecule has 1 aliphatic rings. The molecule has 0 aromatic heterocycles. The van der Waals surface area contributed by atoms with Gasteiger partial charge in [-0.2, -0.15) is 11.8 Å². The molecule has 0 radical (unpaired) electrons. The summed E-state index contributed by atoms with van der Waals surface area (Å²) in [5.74, 6) is 1.34. The highest BCUT2D eigenvalue weighted by atomic mass is 32.2. The van der Waals surface area contributed by atoms with Crippen molar-refractivity contribution in [3.63, 3.8) is 0 Å². The second kappa shape index (κ2) is 5.92. The van der Waals surface area contributed by atoms with E-state index in [0.717, 1.165) is 0 Å². The molecule has 1 aliphatic carbocycles. The highest BCUT2D eigenvalue weighted by Crippen LogP contribution is 2.39. The SMILES string of the molecule is CNCC1(CCSC)CCCCC1. The predicted molar refractivity (Wildman–Crippen MR) is 62.4 cm³/mol. The van der Waals surface area contributed by atoms with Crippen molar-refractivity contribution in [1.82, 2.24) is 5.32 Å². The average molecular weight is 201 g/mol. The minimum Gasteiger partial charge on any atom is -0.319 e. The van der Waals surface area contributed by atoms with Gasteiger partial charge in [0.25, 0.3) is 0 Å². The first kappa shape index (κ1) is 11.4. The first-order chi connectivity index (χ1) is 6.33. The Bertz CT molecular complexity index is 125. The Morgan fingerprint density at radius 1 is 1.23 bits per heavy atom. The number of thioether (sulfide) groups is 1. The van der Waals surface area contributed by atoms with E-state index in [1.165, 1.54) is 50.8 Å². The summed E-state index contributed by atoms with van der Waals surface area (Å²) in [5.41, 5.74) is 0.649. The van der Waals surface area contributed by atoms with Crippen molar-refractivity contribution in [3.8, 4) is 0 Å². The van der Waals surface area contributed by atoms with Crippen LogP contribution in [0.1, 0.15) is 38.5 Å². The van der Waals surface area contributed by atoms with Gasteiger partial charge >= 0.3 is 0 Å². The zero-order valence-corrected chi connectivity index (χ0v) is 9.88. The van der Waals surface area contributed by atoms with Crippen molar-refractivity contribution < 1.29 is 0 Å². The Labute approximate surface area is 87.1 Å². The second-order valence-corrected chi connectivity index (χ2v) is 5.32. The Hall–Kier alpha value is 0.310. The van der Waals surface area contributed by atoms with Crippen molar-refractivity contribution in [2.75, 3.05) is 25.6 Å². The van der Waals surface area contributed by atoms with E-state index in [-0.39, 0.29) is 0 Å². The lowest BCUT2D eigenvalue weighted by Crippen LogP contribution is -2.35. The van der Waals surface area contributed by atoms with E-state index in [9.17, 15) is 0 Å². The second-order valence-electron chi connectivity index (χ2n) is 4.33. The molecule has 0 aromatic carbocycles. The zero-order valence-electron chi connectivity index (χ0n) is 9.07. The molecule has 2 heteroatoms. The normalized spacial score (nSPS) is 21.7. The molecule has 13 heavy (non-hydrogen) atoms. The van der Waals surface area contributed by atoms with Gasteiger partial charge < -0.3 is 5.32 Å². The lowest BCUT2D eigenvalue weighted by Gasteiger charge is -2.37. The molecule has 0 spiro atoms.